The van der Waals surface area contributed by atoms with E-state index in [0.29, 0.717) is 17.1 Å². The minimum absolute atomic E-state index is 0.0684. The predicted molar refractivity (Wildman–Crippen MR) is 66.7 cm³/mol. The standard InChI is InChI=1S/C13H14N2O3/c1-9(2)18-11-5-3-4-10(8-11)13(16)14-12-6-7-17-15-12/h3-9H,1-2H3,(H,14,15,16). The Bertz CT molecular complexity index is 521. The quantitative estimate of drug-likeness (QED) is 0.900. The summed E-state index contributed by atoms with van der Waals surface area (Å²) in [7, 11) is 0. The summed E-state index contributed by atoms with van der Waals surface area (Å²) in [5.41, 5.74) is 0.510. The van der Waals surface area contributed by atoms with Gasteiger partial charge in [0.15, 0.2) is 5.82 Å². The molecule has 0 aliphatic rings. The zero-order chi connectivity index (χ0) is 13.0. The number of benzene rings is 1. The molecule has 2 aromatic rings. The lowest BCUT2D eigenvalue weighted by molar-refractivity contribution is 0.102. The van der Waals surface area contributed by atoms with Crippen molar-refractivity contribution in [3.63, 3.8) is 0 Å². The van der Waals surface area contributed by atoms with E-state index in [1.807, 2.05) is 19.9 Å². The number of rotatable bonds is 4. The van der Waals surface area contributed by atoms with Crippen molar-refractivity contribution in [3.05, 3.63) is 42.2 Å². The van der Waals surface area contributed by atoms with Gasteiger partial charge in [-0.05, 0) is 32.0 Å². The van der Waals surface area contributed by atoms with Gasteiger partial charge in [0.2, 0.25) is 0 Å². The second-order valence-corrected chi connectivity index (χ2v) is 4.03. The van der Waals surface area contributed by atoms with Crippen LogP contribution in [0.4, 0.5) is 5.82 Å². The Balaban J connectivity index is 2.10. The number of carbonyl (C=O) groups excluding carboxylic acids is 1. The van der Waals surface area contributed by atoms with Crippen molar-refractivity contribution >= 4 is 11.7 Å². The molecule has 0 unspecified atom stereocenters. The second kappa shape index (κ2) is 5.35. The summed E-state index contributed by atoms with van der Waals surface area (Å²) in [4.78, 5) is 11.9. The minimum atomic E-state index is -0.252. The average Bonchev–Trinajstić information content (AvgIpc) is 2.81. The molecule has 1 N–H and O–H groups in total. The number of hydrogen-bond acceptors (Lipinski definition) is 4. The molecule has 18 heavy (non-hydrogen) atoms. The summed E-state index contributed by atoms with van der Waals surface area (Å²) in [6.45, 7) is 3.87. The van der Waals surface area contributed by atoms with Gasteiger partial charge < -0.3 is 14.6 Å². The van der Waals surface area contributed by atoms with E-state index >= 15 is 0 Å². The maximum Gasteiger partial charge on any atom is 0.257 e. The largest absolute Gasteiger partial charge is 0.491 e. The first-order valence-electron chi connectivity index (χ1n) is 5.63. The molecule has 0 bridgehead atoms. The number of amides is 1. The van der Waals surface area contributed by atoms with Gasteiger partial charge in [0.05, 0.1) is 6.10 Å². The van der Waals surface area contributed by atoms with E-state index in [1.165, 1.54) is 6.26 Å². The third-order valence-electron chi connectivity index (χ3n) is 2.15. The monoisotopic (exact) mass is 246 g/mol. The molecule has 0 saturated carbocycles. The third kappa shape index (κ3) is 3.10. The molecule has 0 atom stereocenters. The molecule has 0 aliphatic heterocycles. The number of ether oxygens (including phenoxy) is 1. The first-order valence-corrected chi connectivity index (χ1v) is 5.63. The molecule has 0 fully saturated rings. The Labute approximate surface area is 105 Å². The lowest BCUT2D eigenvalue weighted by atomic mass is 10.2. The van der Waals surface area contributed by atoms with Crippen LogP contribution in [0.5, 0.6) is 5.75 Å². The number of carbonyl (C=O) groups is 1. The van der Waals surface area contributed by atoms with E-state index in [2.05, 4.69) is 15.0 Å². The fraction of sp³-hybridized carbons (Fsp3) is 0.231. The summed E-state index contributed by atoms with van der Waals surface area (Å²) in [6.07, 6.45) is 1.47. The van der Waals surface area contributed by atoms with Gasteiger partial charge in [0, 0.05) is 11.6 Å². The molecule has 5 heteroatoms. The number of nitrogens with one attached hydrogen (secondary N) is 1. The molecule has 1 aromatic carbocycles. The Morgan fingerprint density at radius 2 is 2.22 bits per heavy atom. The van der Waals surface area contributed by atoms with Crippen LogP contribution in [0, 0.1) is 0 Å². The van der Waals surface area contributed by atoms with Gasteiger partial charge in [-0.3, -0.25) is 4.79 Å². The summed E-state index contributed by atoms with van der Waals surface area (Å²) in [5, 5.41) is 6.23. The number of nitrogens with zero attached hydrogens (tertiary/aromatic N) is 1. The highest BCUT2D eigenvalue weighted by Gasteiger charge is 2.09. The molecule has 2 rings (SSSR count). The van der Waals surface area contributed by atoms with Gasteiger partial charge in [-0.25, -0.2) is 0 Å². The van der Waals surface area contributed by atoms with Gasteiger partial charge in [-0.2, -0.15) is 0 Å². The van der Waals surface area contributed by atoms with E-state index in [4.69, 9.17) is 4.74 Å². The van der Waals surface area contributed by atoms with Crippen LogP contribution in [0.2, 0.25) is 0 Å². The Morgan fingerprint density at radius 3 is 2.89 bits per heavy atom. The smallest absolute Gasteiger partial charge is 0.257 e. The predicted octanol–water partition coefficient (Wildman–Crippen LogP) is 2.71. The average molecular weight is 246 g/mol. The highest BCUT2D eigenvalue weighted by molar-refractivity contribution is 6.03. The normalized spacial score (nSPS) is 10.4. The van der Waals surface area contributed by atoms with Crippen LogP contribution in [-0.2, 0) is 0 Å². The van der Waals surface area contributed by atoms with Crippen molar-refractivity contribution in [2.75, 3.05) is 5.32 Å². The van der Waals surface area contributed by atoms with E-state index in [-0.39, 0.29) is 12.0 Å². The first kappa shape index (κ1) is 12.2. The lowest BCUT2D eigenvalue weighted by Crippen LogP contribution is -2.12. The lowest BCUT2D eigenvalue weighted by Gasteiger charge is -2.10. The zero-order valence-electron chi connectivity index (χ0n) is 10.2. The number of aromatic nitrogens is 1. The highest BCUT2D eigenvalue weighted by Crippen LogP contribution is 2.16. The van der Waals surface area contributed by atoms with E-state index in [1.54, 1.807) is 24.3 Å². The zero-order valence-corrected chi connectivity index (χ0v) is 10.2. The van der Waals surface area contributed by atoms with Crippen LogP contribution in [0.3, 0.4) is 0 Å². The molecule has 5 nitrogen and oxygen atoms in total. The topological polar surface area (TPSA) is 64.4 Å². The van der Waals surface area contributed by atoms with Crippen LogP contribution < -0.4 is 10.1 Å². The molecular weight excluding hydrogens is 232 g/mol. The summed E-state index contributed by atoms with van der Waals surface area (Å²) in [6, 6.07) is 8.56. The number of anilines is 1. The third-order valence-corrected chi connectivity index (χ3v) is 2.15. The van der Waals surface area contributed by atoms with Gasteiger partial charge in [0.1, 0.15) is 12.0 Å². The Morgan fingerprint density at radius 1 is 1.39 bits per heavy atom. The van der Waals surface area contributed by atoms with Crippen molar-refractivity contribution in [1.29, 1.82) is 0 Å². The van der Waals surface area contributed by atoms with Crippen LogP contribution in [-0.4, -0.2) is 17.2 Å². The molecule has 1 amide bonds. The van der Waals surface area contributed by atoms with E-state index < -0.39 is 0 Å². The molecule has 0 radical (unpaired) electrons. The molecule has 0 spiro atoms. The molecular formula is C13H14N2O3. The molecule has 0 saturated heterocycles. The van der Waals surface area contributed by atoms with Crippen molar-refractivity contribution < 1.29 is 14.1 Å². The first-order chi connectivity index (χ1) is 8.65. The SMILES string of the molecule is CC(C)Oc1cccc(C(=O)Nc2ccon2)c1. The molecule has 0 aliphatic carbocycles. The van der Waals surface area contributed by atoms with Crippen molar-refractivity contribution in [1.82, 2.24) is 5.16 Å². The Kier molecular flexibility index (Phi) is 3.62. The van der Waals surface area contributed by atoms with Crippen molar-refractivity contribution in [2.45, 2.75) is 20.0 Å². The fourth-order valence-electron chi connectivity index (χ4n) is 1.45. The number of hydrogen-bond donors (Lipinski definition) is 1. The van der Waals surface area contributed by atoms with E-state index in [0.717, 1.165) is 0 Å². The second-order valence-electron chi connectivity index (χ2n) is 4.03. The highest BCUT2D eigenvalue weighted by atomic mass is 16.5. The van der Waals surface area contributed by atoms with Crippen LogP contribution >= 0.6 is 0 Å². The van der Waals surface area contributed by atoms with Crippen molar-refractivity contribution in [2.24, 2.45) is 0 Å². The molecule has 1 aromatic heterocycles. The van der Waals surface area contributed by atoms with Crippen molar-refractivity contribution in [3.8, 4) is 5.75 Å². The van der Waals surface area contributed by atoms with E-state index in [9.17, 15) is 4.79 Å². The maximum absolute atomic E-state index is 11.9. The van der Waals surface area contributed by atoms with Gasteiger partial charge >= 0.3 is 0 Å². The van der Waals surface area contributed by atoms with Crippen LogP contribution in [0.25, 0.3) is 0 Å². The Hall–Kier alpha value is -2.30. The van der Waals surface area contributed by atoms with Crippen LogP contribution in [0.15, 0.2) is 41.1 Å². The maximum atomic E-state index is 11.9. The summed E-state index contributed by atoms with van der Waals surface area (Å²) < 4.78 is 10.2. The minimum Gasteiger partial charge on any atom is -0.491 e. The fourth-order valence-corrected chi connectivity index (χ4v) is 1.45. The van der Waals surface area contributed by atoms with Gasteiger partial charge in [-0.15, -0.1) is 0 Å². The molecule has 1 heterocycles. The van der Waals surface area contributed by atoms with Gasteiger partial charge in [0.25, 0.3) is 5.91 Å². The van der Waals surface area contributed by atoms with Crippen LogP contribution in [0.1, 0.15) is 24.2 Å². The van der Waals surface area contributed by atoms with Gasteiger partial charge in [-0.1, -0.05) is 11.2 Å². The molecule has 94 valence electrons. The summed E-state index contributed by atoms with van der Waals surface area (Å²) in [5.74, 6) is 0.797. The summed E-state index contributed by atoms with van der Waals surface area (Å²) >= 11 is 0.